The molecule has 0 aliphatic heterocycles. The van der Waals surface area contributed by atoms with Gasteiger partial charge in [0.2, 0.25) is 0 Å². The first-order valence-electron chi connectivity index (χ1n) is 5.05. The molecule has 0 aliphatic rings. The molecular weight excluding hydrogens is 235 g/mol. The van der Waals surface area contributed by atoms with E-state index in [1.165, 1.54) is 6.07 Å². The van der Waals surface area contributed by atoms with Crippen molar-refractivity contribution < 1.29 is 14.5 Å². The third kappa shape index (κ3) is 2.40. The van der Waals surface area contributed by atoms with E-state index in [9.17, 15) is 9.36 Å². The van der Waals surface area contributed by atoms with Crippen molar-refractivity contribution in [1.29, 1.82) is 0 Å². The Balaban J connectivity index is 2.48. The molecule has 2 aromatic rings. The number of rotatable bonds is 3. The molecule has 0 aliphatic carbocycles. The van der Waals surface area contributed by atoms with E-state index < -0.39 is 13.8 Å². The molecular formula is C13H10O3P. The second-order valence-corrected chi connectivity index (χ2v) is 5.04. The van der Waals surface area contributed by atoms with Gasteiger partial charge in [0.05, 0.1) is 10.9 Å². The maximum atomic E-state index is 12.3. The molecule has 0 spiro atoms. The van der Waals surface area contributed by atoms with E-state index in [0.29, 0.717) is 10.6 Å². The minimum atomic E-state index is -1.85. The fraction of sp³-hybridized carbons (Fsp3) is 0. The number of benzene rings is 2. The lowest BCUT2D eigenvalue weighted by Gasteiger charge is -2.04. The summed E-state index contributed by atoms with van der Waals surface area (Å²) in [6.45, 7) is 0. The second-order valence-electron chi connectivity index (χ2n) is 3.45. The molecule has 0 saturated heterocycles. The quantitative estimate of drug-likeness (QED) is 0.843. The smallest absolute Gasteiger partial charge is 0.336 e. The van der Waals surface area contributed by atoms with E-state index in [2.05, 4.69) is 0 Å². The number of carboxylic acids is 1. The van der Waals surface area contributed by atoms with Crippen molar-refractivity contribution >= 4 is 24.4 Å². The van der Waals surface area contributed by atoms with E-state index >= 15 is 0 Å². The highest BCUT2D eigenvalue weighted by molar-refractivity contribution is 7.61. The Bertz CT molecular complexity index is 564. The van der Waals surface area contributed by atoms with Crippen LogP contribution in [0.4, 0.5) is 0 Å². The number of carbonyl (C=O) groups is 1. The van der Waals surface area contributed by atoms with Gasteiger partial charge in [-0.3, -0.25) is 4.57 Å². The average molecular weight is 245 g/mol. The van der Waals surface area contributed by atoms with Gasteiger partial charge in [0.1, 0.15) is 7.80 Å². The highest BCUT2D eigenvalue weighted by atomic mass is 31.1. The Morgan fingerprint density at radius 2 is 1.53 bits per heavy atom. The van der Waals surface area contributed by atoms with Crippen LogP contribution in [0.15, 0.2) is 54.6 Å². The third-order valence-electron chi connectivity index (χ3n) is 2.34. The summed E-state index contributed by atoms with van der Waals surface area (Å²) in [7, 11) is -1.85. The molecule has 1 N–H and O–H groups in total. The Morgan fingerprint density at radius 1 is 0.941 bits per heavy atom. The molecule has 0 fully saturated rings. The highest BCUT2D eigenvalue weighted by Gasteiger charge is 2.16. The number of aromatic carboxylic acids is 1. The Morgan fingerprint density at radius 3 is 2.18 bits per heavy atom. The molecule has 17 heavy (non-hydrogen) atoms. The van der Waals surface area contributed by atoms with Gasteiger partial charge >= 0.3 is 5.97 Å². The first kappa shape index (κ1) is 11.5. The Kier molecular flexibility index (Phi) is 3.31. The number of hydrogen-bond donors (Lipinski definition) is 1. The standard InChI is InChI=1S/C13H10O3P/c14-13(15)11-8-4-5-9-12(11)17(16)10-6-2-1-3-7-10/h1-9H,(H,14,15). The molecule has 3 nitrogen and oxygen atoms in total. The van der Waals surface area contributed by atoms with E-state index in [0.717, 1.165) is 0 Å². The van der Waals surface area contributed by atoms with Crippen LogP contribution in [0.1, 0.15) is 10.4 Å². The SMILES string of the molecule is O=C(O)c1ccccc1[P](=O)c1ccccc1. The zero-order valence-electron chi connectivity index (χ0n) is 8.91. The van der Waals surface area contributed by atoms with Crippen LogP contribution in [0.2, 0.25) is 0 Å². The first-order chi connectivity index (χ1) is 8.20. The van der Waals surface area contributed by atoms with Crippen molar-refractivity contribution in [2.75, 3.05) is 0 Å². The van der Waals surface area contributed by atoms with Crippen molar-refractivity contribution in [1.82, 2.24) is 0 Å². The Hall–Kier alpha value is -1.99. The zero-order chi connectivity index (χ0) is 12.3. The summed E-state index contributed by atoms with van der Waals surface area (Å²) >= 11 is 0. The molecule has 0 heterocycles. The van der Waals surface area contributed by atoms with Crippen LogP contribution >= 0.6 is 7.80 Å². The van der Waals surface area contributed by atoms with E-state index in [4.69, 9.17) is 5.11 Å². The van der Waals surface area contributed by atoms with E-state index in [1.54, 1.807) is 42.5 Å². The summed E-state index contributed by atoms with van der Waals surface area (Å²) in [4.78, 5) is 11.0. The van der Waals surface area contributed by atoms with Gasteiger partial charge in [-0.2, -0.15) is 0 Å². The highest BCUT2D eigenvalue weighted by Crippen LogP contribution is 2.21. The molecule has 1 radical (unpaired) electrons. The van der Waals surface area contributed by atoms with Gasteiger partial charge in [-0.05, 0) is 24.3 Å². The van der Waals surface area contributed by atoms with Gasteiger partial charge in [-0.25, -0.2) is 4.79 Å². The minimum Gasteiger partial charge on any atom is -0.478 e. The van der Waals surface area contributed by atoms with Crippen molar-refractivity contribution in [3.05, 3.63) is 60.2 Å². The molecule has 85 valence electrons. The van der Waals surface area contributed by atoms with Gasteiger partial charge in [0.25, 0.3) is 0 Å². The average Bonchev–Trinajstić information content (AvgIpc) is 2.39. The van der Waals surface area contributed by atoms with Crippen LogP contribution in [0.25, 0.3) is 0 Å². The zero-order valence-corrected chi connectivity index (χ0v) is 9.80. The molecule has 2 rings (SSSR count). The number of hydrogen-bond acceptors (Lipinski definition) is 2. The van der Waals surface area contributed by atoms with Gasteiger partial charge in [-0.1, -0.05) is 30.3 Å². The second kappa shape index (κ2) is 4.89. The predicted octanol–water partition coefficient (Wildman–Crippen LogP) is 2.16. The molecule has 0 aromatic heterocycles. The fourth-order valence-corrected chi connectivity index (χ4v) is 2.87. The minimum absolute atomic E-state index is 0.0949. The summed E-state index contributed by atoms with van der Waals surface area (Å²) in [5.41, 5.74) is 0.0949. The maximum Gasteiger partial charge on any atom is 0.336 e. The summed E-state index contributed by atoms with van der Waals surface area (Å²) in [6, 6.07) is 15.2. The van der Waals surface area contributed by atoms with Gasteiger partial charge in [0, 0.05) is 5.30 Å². The number of carboxylic acid groups (broad SMARTS) is 1. The molecule has 1 unspecified atom stereocenters. The van der Waals surface area contributed by atoms with Crippen LogP contribution in [0.3, 0.4) is 0 Å². The topological polar surface area (TPSA) is 54.4 Å². The van der Waals surface area contributed by atoms with Gasteiger partial charge < -0.3 is 5.11 Å². The molecule has 0 amide bonds. The van der Waals surface area contributed by atoms with Gasteiger partial charge in [-0.15, -0.1) is 0 Å². The van der Waals surface area contributed by atoms with Crippen LogP contribution in [0, 0.1) is 0 Å². The monoisotopic (exact) mass is 245 g/mol. The van der Waals surface area contributed by atoms with E-state index in [-0.39, 0.29) is 5.56 Å². The molecule has 4 heteroatoms. The van der Waals surface area contributed by atoms with Gasteiger partial charge in [0.15, 0.2) is 0 Å². The Labute approximate surface area is 99.5 Å². The summed E-state index contributed by atoms with van der Waals surface area (Å²) < 4.78 is 12.3. The summed E-state index contributed by atoms with van der Waals surface area (Å²) in [6.07, 6.45) is 0. The van der Waals surface area contributed by atoms with Crippen LogP contribution in [-0.2, 0) is 4.57 Å². The molecule has 2 aromatic carbocycles. The maximum absolute atomic E-state index is 12.3. The largest absolute Gasteiger partial charge is 0.478 e. The lowest BCUT2D eigenvalue weighted by Crippen LogP contribution is -2.15. The van der Waals surface area contributed by atoms with Crippen LogP contribution in [-0.4, -0.2) is 11.1 Å². The van der Waals surface area contributed by atoms with E-state index in [1.807, 2.05) is 6.07 Å². The summed E-state index contributed by atoms with van der Waals surface area (Å²) in [5, 5.41) is 10.0. The molecule has 1 atom stereocenters. The van der Waals surface area contributed by atoms with Crippen LogP contribution < -0.4 is 10.6 Å². The normalized spacial score (nSPS) is 10.9. The lowest BCUT2D eigenvalue weighted by atomic mass is 10.2. The predicted molar refractivity (Wildman–Crippen MR) is 66.7 cm³/mol. The van der Waals surface area contributed by atoms with Crippen molar-refractivity contribution in [2.24, 2.45) is 0 Å². The molecule has 0 bridgehead atoms. The lowest BCUT2D eigenvalue weighted by molar-refractivity contribution is 0.0698. The van der Waals surface area contributed by atoms with Crippen molar-refractivity contribution in [2.45, 2.75) is 0 Å². The molecule has 0 saturated carbocycles. The first-order valence-corrected chi connectivity index (χ1v) is 6.31. The van der Waals surface area contributed by atoms with Crippen LogP contribution in [0.5, 0.6) is 0 Å². The van der Waals surface area contributed by atoms with Crippen molar-refractivity contribution in [3.63, 3.8) is 0 Å². The summed E-state index contributed by atoms with van der Waals surface area (Å²) in [5.74, 6) is -1.06. The third-order valence-corrected chi connectivity index (χ3v) is 3.94. The van der Waals surface area contributed by atoms with Crippen molar-refractivity contribution in [3.8, 4) is 0 Å². The fourth-order valence-electron chi connectivity index (χ4n) is 1.53.